The summed E-state index contributed by atoms with van der Waals surface area (Å²) in [4.78, 5) is 11.5. The van der Waals surface area contributed by atoms with Crippen LogP contribution in [-0.2, 0) is 9.53 Å². The average Bonchev–Trinajstić information content (AvgIpc) is 2.39. The van der Waals surface area contributed by atoms with Gasteiger partial charge in [-0.25, -0.2) is 9.18 Å². The summed E-state index contributed by atoms with van der Waals surface area (Å²) in [5, 5.41) is 12.2. The summed E-state index contributed by atoms with van der Waals surface area (Å²) < 4.78 is 17.6. The van der Waals surface area contributed by atoms with Gasteiger partial charge in [-0.3, -0.25) is 0 Å². The standard InChI is InChI=1S/C13H13FN2O2S/c1-3-19-12(11(8-15)13(17)18-2)16-10-6-4-5-9(14)7-10/h4-7,16H,3H2,1-2H3/b12-11-. The van der Waals surface area contributed by atoms with Crippen molar-refractivity contribution < 1.29 is 13.9 Å². The van der Waals surface area contributed by atoms with Crippen LogP contribution in [0.5, 0.6) is 0 Å². The Kier molecular flexibility index (Phi) is 5.90. The van der Waals surface area contributed by atoms with Crippen molar-refractivity contribution in [2.75, 3.05) is 18.2 Å². The van der Waals surface area contributed by atoms with E-state index < -0.39 is 11.8 Å². The molecule has 1 rings (SSSR count). The van der Waals surface area contributed by atoms with Gasteiger partial charge in [0.25, 0.3) is 0 Å². The van der Waals surface area contributed by atoms with E-state index in [1.807, 2.05) is 6.92 Å². The van der Waals surface area contributed by atoms with Gasteiger partial charge in [0.2, 0.25) is 0 Å². The summed E-state index contributed by atoms with van der Waals surface area (Å²) >= 11 is 1.28. The Bertz CT molecular complexity index is 538. The van der Waals surface area contributed by atoms with E-state index in [9.17, 15) is 9.18 Å². The van der Waals surface area contributed by atoms with Gasteiger partial charge in [-0.15, -0.1) is 11.8 Å². The van der Waals surface area contributed by atoms with E-state index in [0.717, 1.165) is 0 Å². The van der Waals surface area contributed by atoms with E-state index in [-0.39, 0.29) is 5.57 Å². The maximum atomic E-state index is 13.1. The highest BCUT2D eigenvalue weighted by Gasteiger charge is 2.16. The van der Waals surface area contributed by atoms with E-state index in [1.165, 1.54) is 37.1 Å². The number of methoxy groups -OCH3 is 1. The number of esters is 1. The van der Waals surface area contributed by atoms with Crippen LogP contribution in [-0.4, -0.2) is 18.8 Å². The highest BCUT2D eigenvalue weighted by molar-refractivity contribution is 8.03. The molecule has 0 aliphatic heterocycles. The van der Waals surface area contributed by atoms with Crippen LogP contribution in [0.3, 0.4) is 0 Å². The molecule has 0 saturated heterocycles. The molecule has 19 heavy (non-hydrogen) atoms. The first-order valence-corrected chi connectivity index (χ1v) is 6.49. The lowest BCUT2D eigenvalue weighted by Gasteiger charge is -2.11. The topological polar surface area (TPSA) is 62.1 Å². The number of carbonyl (C=O) groups is 1. The maximum absolute atomic E-state index is 13.1. The second-order valence-electron chi connectivity index (χ2n) is 3.38. The van der Waals surface area contributed by atoms with Crippen molar-refractivity contribution in [2.45, 2.75) is 6.92 Å². The van der Waals surface area contributed by atoms with E-state index in [0.29, 0.717) is 16.5 Å². The third-order valence-electron chi connectivity index (χ3n) is 2.10. The fourth-order valence-corrected chi connectivity index (χ4v) is 2.06. The molecule has 100 valence electrons. The van der Waals surface area contributed by atoms with Gasteiger partial charge in [0.1, 0.15) is 11.9 Å². The molecule has 0 fully saturated rings. The molecule has 0 spiro atoms. The minimum absolute atomic E-state index is 0.126. The third-order valence-corrected chi connectivity index (χ3v) is 2.98. The quantitative estimate of drug-likeness (QED) is 0.510. The van der Waals surface area contributed by atoms with Gasteiger partial charge < -0.3 is 10.1 Å². The van der Waals surface area contributed by atoms with Crippen molar-refractivity contribution in [3.8, 4) is 6.07 Å². The van der Waals surface area contributed by atoms with E-state index in [4.69, 9.17) is 5.26 Å². The number of nitrogens with zero attached hydrogens (tertiary/aromatic N) is 1. The zero-order valence-corrected chi connectivity index (χ0v) is 11.4. The number of benzene rings is 1. The molecule has 1 N–H and O–H groups in total. The fourth-order valence-electron chi connectivity index (χ4n) is 1.30. The van der Waals surface area contributed by atoms with Crippen LogP contribution in [0.1, 0.15) is 6.92 Å². The molecule has 1 aromatic rings. The lowest BCUT2D eigenvalue weighted by Crippen LogP contribution is -2.10. The lowest BCUT2D eigenvalue weighted by molar-refractivity contribution is -0.135. The smallest absolute Gasteiger partial charge is 0.351 e. The summed E-state index contributed by atoms with van der Waals surface area (Å²) in [7, 11) is 1.20. The Morgan fingerprint density at radius 2 is 2.32 bits per heavy atom. The number of thioether (sulfide) groups is 1. The molecule has 1 aromatic carbocycles. The molecule has 0 saturated carbocycles. The van der Waals surface area contributed by atoms with Crippen LogP contribution in [0.2, 0.25) is 0 Å². The third kappa shape index (κ3) is 4.30. The molecule has 0 heterocycles. The van der Waals surface area contributed by atoms with Gasteiger partial charge in [0.15, 0.2) is 5.57 Å². The van der Waals surface area contributed by atoms with Crippen molar-refractivity contribution in [1.29, 1.82) is 5.26 Å². The second-order valence-corrected chi connectivity index (χ2v) is 4.65. The second kappa shape index (κ2) is 7.44. The van der Waals surface area contributed by atoms with Crippen LogP contribution >= 0.6 is 11.8 Å². The first-order chi connectivity index (χ1) is 9.12. The SMILES string of the molecule is CCS/C(Nc1cccc(F)c1)=C(/C#N)C(=O)OC. The molecule has 0 aromatic heterocycles. The summed E-state index contributed by atoms with van der Waals surface area (Å²) in [5.74, 6) is -0.468. The predicted octanol–water partition coefficient (Wildman–Crippen LogP) is 2.90. The van der Waals surface area contributed by atoms with Crippen molar-refractivity contribution >= 4 is 23.4 Å². The molecule has 0 unspecified atom stereocenters. The number of nitriles is 1. The minimum Gasteiger partial charge on any atom is -0.465 e. The number of hydrogen-bond acceptors (Lipinski definition) is 5. The molecule has 0 aliphatic carbocycles. The summed E-state index contributed by atoms with van der Waals surface area (Å²) in [5.41, 5.74) is 0.339. The van der Waals surface area contributed by atoms with E-state index >= 15 is 0 Å². The largest absolute Gasteiger partial charge is 0.465 e. The Morgan fingerprint density at radius 1 is 1.58 bits per heavy atom. The summed E-state index contributed by atoms with van der Waals surface area (Å²) in [6, 6.07) is 7.58. The zero-order valence-electron chi connectivity index (χ0n) is 10.6. The summed E-state index contributed by atoms with van der Waals surface area (Å²) in [6.07, 6.45) is 0. The number of carbonyl (C=O) groups excluding carboxylic acids is 1. The van der Waals surface area contributed by atoms with Gasteiger partial charge in [0, 0.05) is 5.69 Å². The van der Waals surface area contributed by atoms with Crippen LogP contribution in [0.4, 0.5) is 10.1 Å². The number of ether oxygens (including phenoxy) is 1. The number of anilines is 1. The normalized spacial score (nSPS) is 11.3. The van der Waals surface area contributed by atoms with Crippen molar-refractivity contribution in [1.82, 2.24) is 0 Å². The fraction of sp³-hybridized carbons (Fsp3) is 0.231. The van der Waals surface area contributed by atoms with Crippen molar-refractivity contribution in [2.24, 2.45) is 0 Å². The molecule has 0 atom stereocenters. The van der Waals surface area contributed by atoms with Gasteiger partial charge in [-0.2, -0.15) is 5.26 Å². The van der Waals surface area contributed by atoms with Gasteiger partial charge in [0.05, 0.1) is 12.1 Å². The van der Waals surface area contributed by atoms with Crippen molar-refractivity contribution in [3.05, 3.63) is 40.7 Å². The Morgan fingerprint density at radius 3 is 2.84 bits per heavy atom. The van der Waals surface area contributed by atoms with Gasteiger partial charge >= 0.3 is 5.97 Å². The average molecular weight is 280 g/mol. The Labute approximate surface area is 115 Å². The zero-order chi connectivity index (χ0) is 14.3. The van der Waals surface area contributed by atoms with Gasteiger partial charge in [-0.05, 0) is 24.0 Å². The van der Waals surface area contributed by atoms with Gasteiger partial charge in [-0.1, -0.05) is 13.0 Å². The van der Waals surface area contributed by atoms with Crippen LogP contribution in [0.25, 0.3) is 0 Å². The highest BCUT2D eigenvalue weighted by atomic mass is 32.2. The molecule has 0 amide bonds. The van der Waals surface area contributed by atoms with Crippen LogP contribution in [0, 0.1) is 17.1 Å². The molecule has 4 nitrogen and oxygen atoms in total. The molecule has 0 aliphatic rings. The number of halogens is 1. The Balaban J connectivity index is 3.10. The molecule has 6 heteroatoms. The van der Waals surface area contributed by atoms with Crippen LogP contribution in [0.15, 0.2) is 34.9 Å². The number of rotatable bonds is 5. The molecular weight excluding hydrogens is 267 g/mol. The molecule has 0 bridgehead atoms. The highest BCUT2D eigenvalue weighted by Crippen LogP contribution is 2.23. The number of hydrogen-bond donors (Lipinski definition) is 1. The first kappa shape index (κ1) is 15.1. The first-order valence-electron chi connectivity index (χ1n) is 5.50. The summed E-state index contributed by atoms with van der Waals surface area (Å²) in [6.45, 7) is 1.88. The Hall–Kier alpha value is -2.00. The van der Waals surface area contributed by atoms with E-state index in [1.54, 1.807) is 12.1 Å². The molecule has 0 radical (unpaired) electrons. The lowest BCUT2D eigenvalue weighted by atomic mass is 10.3. The molecular formula is C13H13FN2O2S. The number of nitrogens with one attached hydrogen (secondary N) is 1. The van der Waals surface area contributed by atoms with E-state index in [2.05, 4.69) is 10.1 Å². The maximum Gasteiger partial charge on any atom is 0.351 e. The van der Waals surface area contributed by atoms with Crippen LogP contribution < -0.4 is 5.32 Å². The monoisotopic (exact) mass is 280 g/mol. The minimum atomic E-state index is -0.720. The predicted molar refractivity (Wildman–Crippen MR) is 72.8 cm³/mol. The van der Waals surface area contributed by atoms with Crippen molar-refractivity contribution in [3.63, 3.8) is 0 Å².